The highest BCUT2D eigenvalue weighted by Gasteiger charge is 2.23. The number of carbonyl (C=O) groups is 1. The molecule has 3 heterocycles. The number of amides is 1. The minimum atomic E-state index is -1.71. The SMILES string of the molecule is COc1nc(NCCCN(C)C)nc(OC)c1NC(=O)Cc1ccc(Oc2nc([Si](C)(C)C)ncc2C)o1. The predicted molar refractivity (Wildman–Crippen MR) is 148 cm³/mol. The number of furan rings is 1. The molecule has 0 saturated heterocycles. The molecule has 0 aromatic carbocycles. The first-order valence-electron chi connectivity index (χ1n) is 12.3. The van der Waals surface area contributed by atoms with Gasteiger partial charge < -0.3 is 34.2 Å². The van der Waals surface area contributed by atoms with E-state index in [1.165, 1.54) is 14.2 Å². The van der Waals surface area contributed by atoms with Crippen LogP contribution in [0.4, 0.5) is 11.6 Å². The molecule has 0 aliphatic heterocycles. The molecule has 12 nitrogen and oxygen atoms in total. The molecule has 1 amide bonds. The van der Waals surface area contributed by atoms with Gasteiger partial charge in [-0.3, -0.25) is 4.79 Å². The number of rotatable bonds is 13. The van der Waals surface area contributed by atoms with Crippen LogP contribution < -0.4 is 30.3 Å². The number of hydrogen-bond donors (Lipinski definition) is 2. The van der Waals surface area contributed by atoms with E-state index in [1.54, 1.807) is 18.3 Å². The van der Waals surface area contributed by atoms with E-state index in [2.05, 4.69) is 55.1 Å². The molecule has 0 atom stereocenters. The third-order valence-electron chi connectivity index (χ3n) is 5.32. The van der Waals surface area contributed by atoms with Gasteiger partial charge in [0.1, 0.15) is 19.3 Å². The largest absolute Gasteiger partial charge is 0.479 e. The van der Waals surface area contributed by atoms with E-state index < -0.39 is 8.07 Å². The van der Waals surface area contributed by atoms with E-state index in [4.69, 9.17) is 18.6 Å². The lowest BCUT2D eigenvalue weighted by Crippen LogP contribution is -2.42. The monoisotopic (exact) mass is 543 g/mol. The number of methoxy groups -OCH3 is 2. The van der Waals surface area contributed by atoms with Gasteiger partial charge in [-0.15, -0.1) is 0 Å². The topological polar surface area (TPSA) is 137 Å². The van der Waals surface area contributed by atoms with Gasteiger partial charge in [0.15, 0.2) is 5.69 Å². The van der Waals surface area contributed by atoms with Crippen LogP contribution in [-0.2, 0) is 11.2 Å². The van der Waals surface area contributed by atoms with Crippen molar-refractivity contribution in [2.45, 2.75) is 39.4 Å². The maximum Gasteiger partial charge on any atom is 0.291 e. The summed E-state index contributed by atoms with van der Waals surface area (Å²) in [4.78, 5) is 32.7. The highest BCUT2D eigenvalue weighted by Crippen LogP contribution is 2.33. The van der Waals surface area contributed by atoms with Gasteiger partial charge >= 0.3 is 0 Å². The summed E-state index contributed by atoms with van der Waals surface area (Å²) in [5.74, 6) is 1.43. The lowest BCUT2D eigenvalue weighted by atomic mass is 10.3. The van der Waals surface area contributed by atoms with Crippen LogP contribution in [0.1, 0.15) is 17.7 Å². The number of aryl methyl sites for hydroxylation is 1. The number of ether oxygens (including phenoxy) is 3. The van der Waals surface area contributed by atoms with Gasteiger partial charge in [-0.2, -0.15) is 9.97 Å². The molecular formula is C25H37N7O5Si. The Morgan fingerprint density at radius 3 is 2.34 bits per heavy atom. The number of carbonyl (C=O) groups excluding carboxylic acids is 1. The van der Waals surface area contributed by atoms with Crippen molar-refractivity contribution in [3.05, 3.63) is 29.7 Å². The molecule has 0 spiro atoms. The van der Waals surface area contributed by atoms with Crippen LogP contribution in [0, 0.1) is 6.92 Å². The molecule has 0 unspecified atom stereocenters. The second kappa shape index (κ2) is 12.7. The Morgan fingerprint density at radius 1 is 1.05 bits per heavy atom. The summed E-state index contributed by atoms with van der Waals surface area (Å²) in [7, 11) is 5.24. The van der Waals surface area contributed by atoms with Crippen LogP contribution in [0.2, 0.25) is 19.6 Å². The van der Waals surface area contributed by atoms with Crippen LogP contribution in [0.5, 0.6) is 23.6 Å². The fourth-order valence-electron chi connectivity index (χ4n) is 3.33. The number of nitrogens with zero attached hydrogens (tertiary/aromatic N) is 5. The number of hydrogen-bond acceptors (Lipinski definition) is 11. The highest BCUT2D eigenvalue weighted by molar-refractivity contribution is 6.87. The summed E-state index contributed by atoms with van der Waals surface area (Å²) in [5.41, 5.74) is 1.82. The fraction of sp³-hybridized carbons (Fsp3) is 0.480. The first-order valence-corrected chi connectivity index (χ1v) is 15.8. The van der Waals surface area contributed by atoms with Gasteiger partial charge in [-0.25, -0.2) is 9.97 Å². The van der Waals surface area contributed by atoms with Gasteiger partial charge in [0.25, 0.3) is 5.95 Å². The van der Waals surface area contributed by atoms with Crippen LogP contribution >= 0.6 is 0 Å². The molecule has 0 aliphatic carbocycles. The molecule has 206 valence electrons. The lowest BCUT2D eigenvalue weighted by Gasteiger charge is -2.15. The third kappa shape index (κ3) is 7.89. The Hall–Kier alpha value is -3.71. The van der Waals surface area contributed by atoms with E-state index in [-0.39, 0.29) is 35.7 Å². The van der Waals surface area contributed by atoms with Crippen molar-refractivity contribution in [2.75, 3.05) is 52.0 Å². The van der Waals surface area contributed by atoms with E-state index in [9.17, 15) is 4.79 Å². The average molecular weight is 544 g/mol. The minimum Gasteiger partial charge on any atom is -0.479 e. The third-order valence-corrected chi connectivity index (χ3v) is 6.91. The first kappa shape index (κ1) is 28.9. The van der Waals surface area contributed by atoms with Crippen molar-refractivity contribution >= 4 is 31.1 Å². The summed E-state index contributed by atoms with van der Waals surface area (Å²) >= 11 is 0. The Kier molecular flexibility index (Phi) is 9.64. The number of anilines is 2. The smallest absolute Gasteiger partial charge is 0.291 e. The standard InChI is InChI=1S/C25H37N7O5Si/c1-16-15-27-25(38(6,7)8)31-21(16)37-19-11-10-17(36-19)14-18(33)28-20-22(34-4)29-24(30-23(20)35-5)26-12-9-13-32(2)3/h10-11,15H,9,12-14H2,1-8H3,(H,28,33)(H,26,29,30). The highest BCUT2D eigenvalue weighted by atomic mass is 28.3. The zero-order valence-corrected chi connectivity index (χ0v) is 24.3. The second-order valence-corrected chi connectivity index (χ2v) is 15.0. The van der Waals surface area contributed by atoms with Crippen LogP contribution in [0.15, 0.2) is 22.7 Å². The molecule has 13 heteroatoms. The van der Waals surface area contributed by atoms with Crippen molar-refractivity contribution in [1.82, 2.24) is 24.8 Å². The summed E-state index contributed by atoms with van der Waals surface area (Å²) < 4.78 is 22.4. The average Bonchev–Trinajstić information content (AvgIpc) is 3.29. The van der Waals surface area contributed by atoms with Gasteiger partial charge in [0.05, 0.1) is 20.6 Å². The second-order valence-electron chi connectivity index (χ2n) is 10.0. The van der Waals surface area contributed by atoms with Crippen LogP contribution in [-0.4, -0.2) is 80.2 Å². The molecule has 2 N–H and O–H groups in total. The Bertz CT molecular complexity index is 1220. The molecule has 3 aromatic rings. The fourth-order valence-corrected chi connectivity index (χ4v) is 4.22. The zero-order chi connectivity index (χ0) is 27.9. The molecule has 0 fully saturated rings. The van der Waals surface area contributed by atoms with E-state index in [1.807, 2.05) is 21.0 Å². The molecule has 0 saturated carbocycles. The molecule has 0 aliphatic rings. The summed E-state index contributed by atoms with van der Waals surface area (Å²) in [6.07, 6.45) is 2.61. The van der Waals surface area contributed by atoms with Crippen molar-refractivity contribution in [2.24, 2.45) is 0 Å². The van der Waals surface area contributed by atoms with Gasteiger partial charge in [-0.1, -0.05) is 19.6 Å². The Morgan fingerprint density at radius 2 is 1.74 bits per heavy atom. The first-order chi connectivity index (χ1) is 18.0. The van der Waals surface area contributed by atoms with Crippen molar-refractivity contribution in [3.63, 3.8) is 0 Å². The molecular weight excluding hydrogens is 506 g/mol. The normalized spacial score (nSPS) is 11.4. The lowest BCUT2D eigenvalue weighted by molar-refractivity contribution is -0.115. The van der Waals surface area contributed by atoms with Gasteiger partial charge in [-0.05, 0) is 40.1 Å². The van der Waals surface area contributed by atoms with Gasteiger partial charge in [0, 0.05) is 24.4 Å². The zero-order valence-electron chi connectivity index (χ0n) is 23.3. The van der Waals surface area contributed by atoms with E-state index in [0.29, 0.717) is 24.1 Å². The van der Waals surface area contributed by atoms with E-state index >= 15 is 0 Å². The van der Waals surface area contributed by atoms with E-state index in [0.717, 1.165) is 24.0 Å². The van der Waals surface area contributed by atoms with Gasteiger partial charge in [0.2, 0.25) is 29.5 Å². The number of aromatic nitrogens is 4. The summed E-state index contributed by atoms with van der Waals surface area (Å²) in [5, 5.41) is 5.92. The van der Waals surface area contributed by atoms with Crippen molar-refractivity contribution in [1.29, 1.82) is 0 Å². The Balaban J connectivity index is 1.67. The maximum atomic E-state index is 12.8. The molecule has 3 aromatic heterocycles. The quantitative estimate of drug-likeness (QED) is 0.243. The summed E-state index contributed by atoms with van der Waals surface area (Å²) in [6.45, 7) is 9.96. The van der Waals surface area contributed by atoms with Crippen LogP contribution in [0.25, 0.3) is 0 Å². The predicted octanol–water partition coefficient (Wildman–Crippen LogP) is 3.07. The molecule has 0 bridgehead atoms. The maximum absolute atomic E-state index is 12.8. The molecule has 0 radical (unpaired) electrons. The van der Waals surface area contributed by atoms with Crippen molar-refractivity contribution < 1.29 is 23.4 Å². The minimum absolute atomic E-state index is 0.0525. The van der Waals surface area contributed by atoms with Crippen LogP contribution in [0.3, 0.4) is 0 Å². The molecule has 3 rings (SSSR count). The van der Waals surface area contributed by atoms with Crippen molar-refractivity contribution in [3.8, 4) is 23.6 Å². The number of nitrogens with one attached hydrogen (secondary N) is 2. The Labute approximate surface area is 224 Å². The molecule has 38 heavy (non-hydrogen) atoms. The summed E-state index contributed by atoms with van der Waals surface area (Å²) in [6, 6.07) is 3.33.